The monoisotopic (exact) mass is 335 g/mol. The van der Waals surface area contributed by atoms with Gasteiger partial charge in [0.25, 0.3) is 5.56 Å². The first-order chi connectivity index (χ1) is 11.8. The van der Waals surface area contributed by atoms with Crippen molar-refractivity contribution >= 4 is 22.4 Å². The average molecular weight is 335 g/mol. The second-order valence-corrected chi connectivity index (χ2v) is 6.16. The van der Waals surface area contributed by atoms with Gasteiger partial charge in [-0.25, -0.2) is 0 Å². The SMILES string of the molecule is COc1ccccc1/C=c1/sc2nc(-c3ccccc3)nn2c1=O. The molecule has 0 bridgehead atoms. The van der Waals surface area contributed by atoms with Crippen LogP contribution in [0.3, 0.4) is 0 Å². The summed E-state index contributed by atoms with van der Waals surface area (Å²) in [5.41, 5.74) is 1.57. The van der Waals surface area contributed by atoms with E-state index in [0.717, 1.165) is 16.9 Å². The Morgan fingerprint density at radius 2 is 1.83 bits per heavy atom. The van der Waals surface area contributed by atoms with Crippen molar-refractivity contribution in [1.82, 2.24) is 14.6 Å². The van der Waals surface area contributed by atoms with Crippen LogP contribution < -0.4 is 14.8 Å². The number of fused-ring (bicyclic) bond motifs is 1. The molecule has 0 unspecified atom stereocenters. The normalized spacial score (nSPS) is 12.0. The fourth-order valence-electron chi connectivity index (χ4n) is 2.47. The molecule has 0 aliphatic heterocycles. The zero-order valence-electron chi connectivity index (χ0n) is 12.8. The summed E-state index contributed by atoms with van der Waals surface area (Å²) in [4.78, 5) is 17.6. The van der Waals surface area contributed by atoms with Crippen LogP contribution in [0, 0.1) is 0 Å². The molecule has 6 heteroatoms. The van der Waals surface area contributed by atoms with Crippen LogP contribution in [0.4, 0.5) is 0 Å². The van der Waals surface area contributed by atoms with Crippen LogP contribution in [-0.2, 0) is 0 Å². The fraction of sp³-hybridized carbons (Fsp3) is 0.0556. The number of nitrogens with zero attached hydrogens (tertiary/aromatic N) is 3. The highest BCUT2D eigenvalue weighted by atomic mass is 32.1. The van der Waals surface area contributed by atoms with Crippen LogP contribution in [0.1, 0.15) is 5.56 Å². The predicted molar refractivity (Wildman–Crippen MR) is 94.3 cm³/mol. The van der Waals surface area contributed by atoms with E-state index in [-0.39, 0.29) is 5.56 Å². The third-order valence-corrected chi connectivity index (χ3v) is 4.60. The minimum absolute atomic E-state index is 0.171. The summed E-state index contributed by atoms with van der Waals surface area (Å²) in [6.45, 7) is 0. The average Bonchev–Trinajstić information content (AvgIpc) is 3.16. The van der Waals surface area contributed by atoms with Crippen molar-refractivity contribution in [3.63, 3.8) is 0 Å². The summed E-state index contributed by atoms with van der Waals surface area (Å²) < 4.78 is 7.26. The van der Waals surface area contributed by atoms with Crippen molar-refractivity contribution in [2.45, 2.75) is 0 Å². The van der Waals surface area contributed by atoms with Crippen molar-refractivity contribution < 1.29 is 4.74 Å². The Kier molecular flexibility index (Phi) is 3.59. The van der Waals surface area contributed by atoms with Gasteiger partial charge in [0.2, 0.25) is 4.96 Å². The molecule has 0 atom stereocenters. The number of rotatable bonds is 3. The third kappa shape index (κ3) is 2.47. The van der Waals surface area contributed by atoms with Crippen LogP contribution in [-0.4, -0.2) is 21.7 Å². The van der Waals surface area contributed by atoms with Crippen molar-refractivity contribution in [1.29, 1.82) is 0 Å². The van der Waals surface area contributed by atoms with E-state index in [1.165, 1.54) is 15.9 Å². The zero-order chi connectivity index (χ0) is 16.5. The molecule has 4 aromatic rings. The van der Waals surface area contributed by atoms with Crippen LogP contribution >= 0.6 is 11.3 Å². The highest BCUT2D eigenvalue weighted by Gasteiger charge is 2.12. The maximum absolute atomic E-state index is 12.6. The van der Waals surface area contributed by atoms with Crippen molar-refractivity contribution in [2.75, 3.05) is 7.11 Å². The molecule has 2 aromatic carbocycles. The number of benzene rings is 2. The number of aromatic nitrogens is 3. The maximum atomic E-state index is 12.6. The molecule has 0 spiro atoms. The molecular weight excluding hydrogens is 322 g/mol. The predicted octanol–water partition coefficient (Wildman–Crippen LogP) is 2.37. The molecule has 4 rings (SSSR count). The largest absolute Gasteiger partial charge is 0.496 e. The van der Waals surface area contributed by atoms with E-state index < -0.39 is 0 Å². The molecule has 0 saturated carbocycles. The number of hydrogen-bond acceptors (Lipinski definition) is 5. The molecule has 2 heterocycles. The number of methoxy groups -OCH3 is 1. The Morgan fingerprint density at radius 3 is 2.58 bits per heavy atom. The summed E-state index contributed by atoms with van der Waals surface area (Å²) in [6, 6.07) is 17.2. The van der Waals surface area contributed by atoms with Crippen LogP contribution in [0.2, 0.25) is 0 Å². The summed E-state index contributed by atoms with van der Waals surface area (Å²) in [5.74, 6) is 1.28. The number of ether oxygens (including phenoxy) is 1. The number of para-hydroxylation sites is 1. The lowest BCUT2D eigenvalue weighted by Gasteiger charge is -2.02. The van der Waals surface area contributed by atoms with Gasteiger partial charge in [-0.3, -0.25) is 4.79 Å². The smallest absolute Gasteiger partial charge is 0.291 e. The molecule has 2 aromatic heterocycles. The van der Waals surface area contributed by atoms with E-state index in [0.29, 0.717) is 15.3 Å². The van der Waals surface area contributed by atoms with Crippen molar-refractivity contribution in [3.8, 4) is 17.1 Å². The zero-order valence-corrected chi connectivity index (χ0v) is 13.7. The van der Waals surface area contributed by atoms with Crippen LogP contribution in [0.25, 0.3) is 22.4 Å². The van der Waals surface area contributed by atoms with Gasteiger partial charge < -0.3 is 4.74 Å². The van der Waals surface area contributed by atoms with Crippen LogP contribution in [0.15, 0.2) is 59.4 Å². The standard InChI is InChI=1S/C18H13N3O2S/c1-23-14-10-6-5-9-13(14)11-15-17(22)21-18(24-15)19-16(20-21)12-7-3-2-4-8-12/h2-11H,1H3/b15-11+. The second kappa shape index (κ2) is 5.90. The molecule has 0 aliphatic carbocycles. The van der Waals surface area contributed by atoms with E-state index in [2.05, 4.69) is 10.1 Å². The summed E-state index contributed by atoms with van der Waals surface area (Å²) >= 11 is 1.32. The van der Waals surface area contributed by atoms with Crippen molar-refractivity contribution in [3.05, 3.63) is 75.0 Å². The Hall–Kier alpha value is -2.99. The van der Waals surface area contributed by atoms with E-state index in [9.17, 15) is 4.79 Å². The quantitative estimate of drug-likeness (QED) is 0.577. The Morgan fingerprint density at radius 1 is 1.08 bits per heavy atom. The van der Waals surface area contributed by atoms with Gasteiger partial charge in [-0.05, 0) is 12.1 Å². The topological polar surface area (TPSA) is 56.5 Å². The lowest BCUT2D eigenvalue weighted by Crippen LogP contribution is -2.23. The molecule has 0 radical (unpaired) electrons. The minimum Gasteiger partial charge on any atom is -0.496 e. The maximum Gasteiger partial charge on any atom is 0.291 e. The lowest BCUT2D eigenvalue weighted by atomic mass is 10.2. The minimum atomic E-state index is -0.171. The molecule has 118 valence electrons. The van der Waals surface area contributed by atoms with Gasteiger partial charge in [0.1, 0.15) is 5.75 Å². The lowest BCUT2D eigenvalue weighted by molar-refractivity contribution is 0.414. The highest BCUT2D eigenvalue weighted by molar-refractivity contribution is 7.15. The van der Waals surface area contributed by atoms with Gasteiger partial charge in [-0.1, -0.05) is 59.9 Å². The number of thiazole rings is 1. The fourth-order valence-corrected chi connectivity index (χ4v) is 3.37. The molecule has 0 N–H and O–H groups in total. The first-order valence-electron chi connectivity index (χ1n) is 7.36. The Balaban J connectivity index is 1.85. The van der Waals surface area contributed by atoms with Gasteiger partial charge in [0, 0.05) is 11.1 Å². The second-order valence-electron chi connectivity index (χ2n) is 5.15. The molecule has 0 fully saturated rings. The van der Waals surface area contributed by atoms with Gasteiger partial charge in [-0.2, -0.15) is 9.50 Å². The highest BCUT2D eigenvalue weighted by Crippen LogP contribution is 2.18. The molecule has 0 amide bonds. The Labute approximate surface area is 141 Å². The van der Waals surface area contributed by atoms with Crippen molar-refractivity contribution in [2.24, 2.45) is 0 Å². The van der Waals surface area contributed by atoms with E-state index in [1.807, 2.05) is 60.7 Å². The third-order valence-electron chi connectivity index (χ3n) is 3.64. The first kappa shape index (κ1) is 14.6. The van der Waals surface area contributed by atoms with Gasteiger partial charge in [0.15, 0.2) is 5.82 Å². The summed E-state index contributed by atoms with van der Waals surface area (Å²) in [6.07, 6.45) is 1.81. The van der Waals surface area contributed by atoms with E-state index in [4.69, 9.17) is 4.74 Å². The molecule has 0 saturated heterocycles. The van der Waals surface area contributed by atoms with Gasteiger partial charge >= 0.3 is 0 Å². The van der Waals surface area contributed by atoms with Gasteiger partial charge in [0.05, 0.1) is 11.6 Å². The molecule has 0 aliphatic rings. The number of hydrogen-bond donors (Lipinski definition) is 0. The molecule has 24 heavy (non-hydrogen) atoms. The summed E-state index contributed by atoms with van der Waals surface area (Å²) in [7, 11) is 1.61. The van der Waals surface area contributed by atoms with Crippen LogP contribution in [0.5, 0.6) is 5.75 Å². The van der Waals surface area contributed by atoms with E-state index >= 15 is 0 Å². The summed E-state index contributed by atoms with van der Waals surface area (Å²) in [5, 5.41) is 4.34. The molecular formula is C18H13N3O2S. The van der Waals surface area contributed by atoms with E-state index in [1.54, 1.807) is 7.11 Å². The Bertz CT molecular complexity index is 1120. The molecule has 5 nitrogen and oxygen atoms in total. The first-order valence-corrected chi connectivity index (χ1v) is 8.17. The van der Waals surface area contributed by atoms with Gasteiger partial charge in [-0.15, -0.1) is 5.10 Å².